The number of hydrogen-bond donors (Lipinski definition) is 1. The van der Waals surface area contributed by atoms with Crippen molar-refractivity contribution in [1.82, 2.24) is 10.2 Å². The van der Waals surface area contributed by atoms with Crippen LogP contribution in [0.5, 0.6) is 0 Å². The Balaban J connectivity index is 2.45. The van der Waals surface area contributed by atoms with Crippen molar-refractivity contribution in [3.8, 4) is 0 Å². The summed E-state index contributed by atoms with van der Waals surface area (Å²) in [6, 6.07) is 12.2. The molecule has 0 aliphatic rings. The normalized spacial score (nSPS) is 13.1. The summed E-state index contributed by atoms with van der Waals surface area (Å²) in [5.74, 6) is -0.713. The SMILES string of the molecule is CC[C@@H](C)NC(=O)[C@@H](C)N(Cc1ccccc1C)C(=O)CN(c1cccc(C)c1C)S(C)(=O)=O. The zero-order valence-corrected chi connectivity index (χ0v) is 22.1. The molecule has 7 nitrogen and oxygen atoms in total. The Hall–Kier alpha value is -2.87. The fourth-order valence-electron chi connectivity index (χ4n) is 3.62. The van der Waals surface area contributed by atoms with Crippen LogP contribution in [0.3, 0.4) is 0 Å². The number of benzene rings is 2. The molecule has 0 saturated heterocycles. The maximum Gasteiger partial charge on any atom is 0.244 e. The highest BCUT2D eigenvalue weighted by Crippen LogP contribution is 2.25. The van der Waals surface area contributed by atoms with Crippen molar-refractivity contribution >= 4 is 27.5 Å². The van der Waals surface area contributed by atoms with Crippen LogP contribution < -0.4 is 9.62 Å². The van der Waals surface area contributed by atoms with Crippen LogP contribution in [0.15, 0.2) is 42.5 Å². The third-order valence-electron chi connectivity index (χ3n) is 6.29. The van der Waals surface area contributed by atoms with Gasteiger partial charge in [0.1, 0.15) is 12.6 Å². The molecule has 0 aromatic heterocycles. The summed E-state index contributed by atoms with van der Waals surface area (Å²) in [5, 5.41) is 2.93. The standard InChI is InChI=1S/C26H37N3O4S/c1-8-20(4)27-26(31)22(6)28(16-23-14-10-9-12-19(23)3)25(30)17-29(34(7,32)33)24-15-11-13-18(2)21(24)5/h9-15,20,22H,8,16-17H2,1-7H3,(H,27,31)/t20-,22-/m1/s1. The largest absolute Gasteiger partial charge is 0.352 e. The smallest absolute Gasteiger partial charge is 0.244 e. The van der Waals surface area contributed by atoms with Crippen LogP contribution in [-0.4, -0.2) is 50.0 Å². The lowest BCUT2D eigenvalue weighted by atomic mass is 10.1. The van der Waals surface area contributed by atoms with Gasteiger partial charge in [-0.1, -0.05) is 43.3 Å². The summed E-state index contributed by atoms with van der Waals surface area (Å²) in [7, 11) is -3.75. The van der Waals surface area contributed by atoms with Crippen molar-refractivity contribution in [1.29, 1.82) is 0 Å². The van der Waals surface area contributed by atoms with E-state index in [1.165, 1.54) is 4.90 Å². The summed E-state index contributed by atoms with van der Waals surface area (Å²) < 4.78 is 26.6. The molecule has 1 N–H and O–H groups in total. The second kappa shape index (κ2) is 11.5. The van der Waals surface area contributed by atoms with Gasteiger partial charge in [0.25, 0.3) is 0 Å². The summed E-state index contributed by atoms with van der Waals surface area (Å²) in [6.45, 7) is 11.0. The minimum Gasteiger partial charge on any atom is -0.352 e. The van der Waals surface area contributed by atoms with Crippen molar-refractivity contribution in [3.05, 3.63) is 64.7 Å². The lowest BCUT2D eigenvalue weighted by Crippen LogP contribution is -2.52. The summed E-state index contributed by atoms with van der Waals surface area (Å²) in [5.41, 5.74) is 4.06. The number of aryl methyl sites for hydroxylation is 2. The van der Waals surface area contributed by atoms with Crippen molar-refractivity contribution in [3.63, 3.8) is 0 Å². The van der Waals surface area contributed by atoms with Crippen molar-refractivity contribution in [2.24, 2.45) is 0 Å². The topological polar surface area (TPSA) is 86.8 Å². The molecule has 0 bridgehead atoms. The van der Waals surface area contributed by atoms with Gasteiger partial charge in [-0.3, -0.25) is 13.9 Å². The van der Waals surface area contributed by atoms with Crippen LogP contribution in [-0.2, 0) is 26.2 Å². The van der Waals surface area contributed by atoms with Gasteiger partial charge in [-0.2, -0.15) is 0 Å². The molecule has 0 spiro atoms. The highest BCUT2D eigenvalue weighted by Gasteiger charge is 2.31. The van der Waals surface area contributed by atoms with Crippen LogP contribution in [0, 0.1) is 20.8 Å². The molecule has 0 heterocycles. The molecule has 0 saturated carbocycles. The lowest BCUT2D eigenvalue weighted by Gasteiger charge is -2.32. The van der Waals surface area contributed by atoms with E-state index in [9.17, 15) is 18.0 Å². The quantitative estimate of drug-likeness (QED) is 0.554. The summed E-state index contributed by atoms with van der Waals surface area (Å²) >= 11 is 0. The number of carbonyl (C=O) groups is 2. The zero-order chi connectivity index (χ0) is 25.6. The second-order valence-corrected chi connectivity index (χ2v) is 10.8. The first-order valence-corrected chi connectivity index (χ1v) is 13.4. The van der Waals surface area contributed by atoms with Gasteiger partial charge in [0.05, 0.1) is 11.9 Å². The first-order chi connectivity index (χ1) is 15.9. The van der Waals surface area contributed by atoms with E-state index >= 15 is 0 Å². The predicted octanol–water partition coefficient (Wildman–Crippen LogP) is 3.71. The number of nitrogens with one attached hydrogen (secondary N) is 1. The monoisotopic (exact) mass is 487 g/mol. The van der Waals surface area contributed by atoms with Gasteiger partial charge >= 0.3 is 0 Å². The van der Waals surface area contributed by atoms with Crippen LogP contribution in [0.2, 0.25) is 0 Å². The summed E-state index contributed by atoms with van der Waals surface area (Å²) in [4.78, 5) is 28.0. The van der Waals surface area contributed by atoms with Crippen LogP contribution in [0.4, 0.5) is 5.69 Å². The van der Waals surface area contributed by atoms with E-state index in [2.05, 4.69) is 5.32 Å². The molecule has 186 valence electrons. The molecule has 2 rings (SSSR count). The zero-order valence-electron chi connectivity index (χ0n) is 21.3. The van der Waals surface area contributed by atoms with Gasteiger partial charge in [0.15, 0.2) is 0 Å². The summed E-state index contributed by atoms with van der Waals surface area (Å²) in [6.07, 6.45) is 1.85. The Kier molecular flexibility index (Phi) is 9.27. The Morgan fingerprint density at radius 3 is 2.18 bits per heavy atom. The fourth-order valence-corrected chi connectivity index (χ4v) is 4.52. The number of hydrogen-bond acceptors (Lipinski definition) is 4. The third-order valence-corrected chi connectivity index (χ3v) is 7.42. The molecular weight excluding hydrogens is 450 g/mol. The van der Waals surface area contributed by atoms with E-state index in [-0.39, 0.29) is 18.5 Å². The minimum absolute atomic E-state index is 0.0344. The van der Waals surface area contributed by atoms with Gasteiger partial charge in [-0.25, -0.2) is 8.42 Å². The Bertz CT molecular complexity index is 1130. The van der Waals surface area contributed by atoms with Crippen molar-refractivity contribution in [2.45, 2.75) is 66.6 Å². The van der Waals surface area contributed by atoms with Crippen LogP contribution in [0.25, 0.3) is 0 Å². The van der Waals surface area contributed by atoms with E-state index in [1.54, 1.807) is 19.1 Å². The van der Waals surface area contributed by atoms with Gasteiger partial charge in [0, 0.05) is 12.6 Å². The number of nitrogens with zero attached hydrogens (tertiary/aromatic N) is 2. The molecule has 0 unspecified atom stereocenters. The average molecular weight is 488 g/mol. The fraction of sp³-hybridized carbons (Fsp3) is 0.462. The maximum absolute atomic E-state index is 13.6. The number of carbonyl (C=O) groups excluding carboxylic acids is 2. The Labute approximate surface area is 204 Å². The highest BCUT2D eigenvalue weighted by atomic mass is 32.2. The van der Waals surface area contributed by atoms with Crippen molar-refractivity contribution < 1.29 is 18.0 Å². The molecule has 2 aromatic carbocycles. The molecule has 8 heteroatoms. The highest BCUT2D eigenvalue weighted by molar-refractivity contribution is 7.92. The van der Waals surface area contributed by atoms with E-state index in [4.69, 9.17) is 0 Å². The van der Waals surface area contributed by atoms with E-state index in [0.717, 1.165) is 39.2 Å². The minimum atomic E-state index is -3.75. The van der Waals surface area contributed by atoms with Gasteiger partial charge in [0.2, 0.25) is 21.8 Å². The van der Waals surface area contributed by atoms with E-state index in [1.807, 2.05) is 65.0 Å². The van der Waals surface area contributed by atoms with E-state index < -0.39 is 28.5 Å². The molecular formula is C26H37N3O4S. The van der Waals surface area contributed by atoms with E-state index in [0.29, 0.717) is 5.69 Å². The van der Waals surface area contributed by atoms with Gasteiger partial charge in [-0.15, -0.1) is 0 Å². The Morgan fingerprint density at radius 2 is 1.59 bits per heavy atom. The molecule has 0 radical (unpaired) electrons. The number of amides is 2. The number of rotatable bonds is 10. The lowest BCUT2D eigenvalue weighted by molar-refractivity contribution is -0.139. The third kappa shape index (κ3) is 6.82. The van der Waals surface area contributed by atoms with Gasteiger partial charge < -0.3 is 10.2 Å². The van der Waals surface area contributed by atoms with Crippen molar-refractivity contribution in [2.75, 3.05) is 17.1 Å². The second-order valence-electron chi connectivity index (χ2n) is 8.93. The molecule has 0 aliphatic carbocycles. The molecule has 2 aromatic rings. The first kappa shape index (κ1) is 27.4. The first-order valence-electron chi connectivity index (χ1n) is 11.5. The van der Waals surface area contributed by atoms with Crippen LogP contribution >= 0.6 is 0 Å². The molecule has 34 heavy (non-hydrogen) atoms. The molecule has 2 amide bonds. The number of sulfonamides is 1. The van der Waals surface area contributed by atoms with Gasteiger partial charge in [-0.05, 0) is 69.4 Å². The molecule has 0 aliphatic heterocycles. The van der Waals surface area contributed by atoms with Crippen LogP contribution in [0.1, 0.15) is 49.4 Å². The molecule has 2 atom stereocenters. The average Bonchev–Trinajstić information content (AvgIpc) is 2.77. The predicted molar refractivity (Wildman–Crippen MR) is 137 cm³/mol. The number of anilines is 1. The maximum atomic E-state index is 13.6. The molecule has 0 fully saturated rings. The Morgan fingerprint density at radius 1 is 0.971 bits per heavy atom.